The summed E-state index contributed by atoms with van der Waals surface area (Å²) in [4.78, 5) is 13.0. The highest BCUT2D eigenvalue weighted by Crippen LogP contribution is 2.22. The first-order valence-electron chi connectivity index (χ1n) is 4.01. The number of hydrogen-bond donors (Lipinski definition) is 1. The third-order valence-electron chi connectivity index (χ3n) is 1.83. The van der Waals surface area contributed by atoms with E-state index in [0.717, 1.165) is 6.42 Å². The Morgan fingerprint density at radius 1 is 1.85 bits per heavy atom. The zero-order chi connectivity index (χ0) is 9.68. The van der Waals surface area contributed by atoms with Crippen molar-refractivity contribution in [3.8, 4) is 0 Å². The molecular formula is C8H12N2O2S. The van der Waals surface area contributed by atoms with Crippen molar-refractivity contribution >= 4 is 23.2 Å². The summed E-state index contributed by atoms with van der Waals surface area (Å²) in [5, 5.41) is 11.4. The summed E-state index contributed by atoms with van der Waals surface area (Å²) in [7, 11) is 0. The summed E-state index contributed by atoms with van der Waals surface area (Å²) in [5.74, 6) is 0.667. The van der Waals surface area contributed by atoms with Crippen LogP contribution in [-0.4, -0.2) is 39.9 Å². The van der Waals surface area contributed by atoms with E-state index >= 15 is 0 Å². The molecule has 1 heterocycles. The minimum atomic E-state index is -0.0672. The second-order valence-electron chi connectivity index (χ2n) is 2.68. The average molecular weight is 200 g/mol. The SMILES string of the molecule is C=CCCN1C(=O)SCC1/C=N/O. The Morgan fingerprint density at radius 2 is 2.62 bits per heavy atom. The summed E-state index contributed by atoms with van der Waals surface area (Å²) in [6, 6.07) is -0.0672. The van der Waals surface area contributed by atoms with Gasteiger partial charge in [-0.25, -0.2) is 0 Å². The second-order valence-corrected chi connectivity index (χ2v) is 3.65. The van der Waals surface area contributed by atoms with Gasteiger partial charge in [-0.3, -0.25) is 4.79 Å². The molecule has 1 fully saturated rings. The monoisotopic (exact) mass is 200 g/mol. The fourth-order valence-corrected chi connectivity index (χ4v) is 2.12. The van der Waals surface area contributed by atoms with Gasteiger partial charge in [-0.2, -0.15) is 0 Å². The number of hydrogen-bond acceptors (Lipinski definition) is 4. The molecule has 0 aromatic rings. The van der Waals surface area contributed by atoms with Crippen molar-refractivity contribution in [2.24, 2.45) is 5.16 Å². The van der Waals surface area contributed by atoms with E-state index in [0.29, 0.717) is 12.3 Å². The molecule has 1 N–H and O–H groups in total. The Hall–Kier alpha value is -0.970. The topological polar surface area (TPSA) is 52.9 Å². The van der Waals surface area contributed by atoms with E-state index < -0.39 is 0 Å². The van der Waals surface area contributed by atoms with Gasteiger partial charge in [-0.1, -0.05) is 23.0 Å². The van der Waals surface area contributed by atoms with Crippen molar-refractivity contribution in [1.29, 1.82) is 0 Å². The zero-order valence-corrected chi connectivity index (χ0v) is 8.04. The number of carbonyl (C=O) groups is 1. The molecule has 1 aliphatic rings. The first-order chi connectivity index (χ1) is 6.29. The highest BCUT2D eigenvalue weighted by Gasteiger charge is 2.29. The fourth-order valence-electron chi connectivity index (χ4n) is 1.15. The van der Waals surface area contributed by atoms with Crippen molar-refractivity contribution in [3.63, 3.8) is 0 Å². The third-order valence-corrected chi connectivity index (χ3v) is 2.81. The van der Waals surface area contributed by atoms with Gasteiger partial charge in [-0.05, 0) is 6.42 Å². The van der Waals surface area contributed by atoms with Gasteiger partial charge in [0.05, 0.1) is 12.3 Å². The van der Waals surface area contributed by atoms with Gasteiger partial charge in [0.25, 0.3) is 5.24 Å². The summed E-state index contributed by atoms with van der Waals surface area (Å²) >= 11 is 1.25. The molecule has 0 bridgehead atoms. The molecule has 1 saturated heterocycles. The van der Waals surface area contributed by atoms with E-state index in [1.807, 2.05) is 0 Å². The largest absolute Gasteiger partial charge is 0.411 e. The maximum atomic E-state index is 11.3. The number of oxime groups is 1. The van der Waals surface area contributed by atoms with Gasteiger partial charge < -0.3 is 10.1 Å². The van der Waals surface area contributed by atoms with E-state index in [-0.39, 0.29) is 11.3 Å². The molecule has 5 heteroatoms. The lowest BCUT2D eigenvalue weighted by atomic mass is 10.3. The van der Waals surface area contributed by atoms with Gasteiger partial charge in [-0.15, -0.1) is 6.58 Å². The lowest BCUT2D eigenvalue weighted by Crippen LogP contribution is -2.35. The molecule has 1 rings (SSSR count). The molecular weight excluding hydrogens is 188 g/mol. The van der Waals surface area contributed by atoms with Gasteiger partial charge in [0.15, 0.2) is 0 Å². The van der Waals surface area contributed by atoms with Crippen molar-refractivity contribution in [2.75, 3.05) is 12.3 Å². The quantitative estimate of drug-likeness (QED) is 0.324. The molecule has 72 valence electrons. The second kappa shape index (κ2) is 4.91. The highest BCUT2D eigenvalue weighted by molar-refractivity contribution is 8.13. The summed E-state index contributed by atoms with van der Waals surface area (Å²) in [5.41, 5.74) is 0. The molecule has 1 atom stereocenters. The normalized spacial score (nSPS) is 22.9. The standard InChI is InChI=1S/C8H12N2O2S/c1-2-3-4-10-7(5-9-12)6-13-8(10)11/h2,5,7,12H,1,3-4,6H2/b9-5+. The van der Waals surface area contributed by atoms with Crippen molar-refractivity contribution < 1.29 is 10.0 Å². The Labute approximate surface area is 81.3 Å². The van der Waals surface area contributed by atoms with Crippen LogP contribution in [0.5, 0.6) is 0 Å². The van der Waals surface area contributed by atoms with Crippen LogP contribution in [0.3, 0.4) is 0 Å². The molecule has 13 heavy (non-hydrogen) atoms. The van der Waals surface area contributed by atoms with Crippen LogP contribution in [-0.2, 0) is 0 Å². The molecule has 0 spiro atoms. The minimum absolute atomic E-state index is 0.0479. The Balaban J connectivity index is 2.54. The van der Waals surface area contributed by atoms with E-state index in [9.17, 15) is 4.79 Å². The third kappa shape index (κ3) is 2.48. The van der Waals surface area contributed by atoms with Crippen LogP contribution in [0, 0.1) is 0 Å². The maximum absolute atomic E-state index is 11.3. The molecule has 0 aliphatic carbocycles. The van der Waals surface area contributed by atoms with Crippen LogP contribution in [0.2, 0.25) is 0 Å². The van der Waals surface area contributed by atoms with E-state index in [2.05, 4.69) is 11.7 Å². The first-order valence-corrected chi connectivity index (χ1v) is 5.00. The Morgan fingerprint density at radius 3 is 3.23 bits per heavy atom. The molecule has 1 amide bonds. The van der Waals surface area contributed by atoms with Gasteiger partial charge in [0, 0.05) is 12.3 Å². The zero-order valence-electron chi connectivity index (χ0n) is 7.22. The maximum Gasteiger partial charge on any atom is 0.282 e. The van der Waals surface area contributed by atoms with E-state index in [1.54, 1.807) is 11.0 Å². The molecule has 4 nitrogen and oxygen atoms in total. The number of amides is 1. The number of thioether (sulfide) groups is 1. The minimum Gasteiger partial charge on any atom is -0.411 e. The summed E-state index contributed by atoms with van der Waals surface area (Å²) in [6.07, 6.45) is 3.92. The van der Waals surface area contributed by atoms with Crippen LogP contribution in [0.4, 0.5) is 4.79 Å². The van der Waals surface area contributed by atoms with Crippen molar-refractivity contribution in [3.05, 3.63) is 12.7 Å². The molecule has 1 unspecified atom stereocenters. The highest BCUT2D eigenvalue weighted by atomic mass is 32.2. The number of rotatable bonds is 4. The Kier molecular flexibility index (Phi) is 3.82. The summed E-state index contributed by atoms with van der Waals surface area (Å²) < 4.78 is 0. The molecule has 0 saturated carbocycles. The van der Waals surface area contributed by atoms with Gasteiger partial charge in [0.1, 0.15) is 0 Å². The van der Waals surface area contributed by atoms with Crippen LogP contribution >= 0.6 is 11.8 Å². The lowest BCUT2D eigenvalue weighted by molar-refractivity contribution is 0.223. The van der Waals surface area contributed by atoms with Crippen LogP contribution < -0.4 is 0 Å². The Bertz CT molecular complexity index is 230. The van der Waals surface area contributed by atoms with Crippen LogP contribution in [0.25, 0.3) is 0 Å². The van der Waals surface area contributed by atoms with Crippen molar-refractivity contribution in [2.45, 2.75) is 12.5 Å². The first kappa shape index (κ1) is 10.1. The number of carbonyl (C=O) groups excluding carboxylic acids is 1. The van der Waals surface area contributed by atoms with Crippen LogP contribution in [0.15, 0.2) is 17.8 Å². The predicted molar refractivity (Wildman–Crippen MR) is 53.4 cm³/mol. The average Bonchev–Trinajstić information content (AvgIpc) is 2.45. The number of nitrogens with zero attached hydrogens (tertiary/aromatic N) is 2. The van der Waals surface area contributed by atoms with Crippen molar-refractivity contribution in [1.82, 2.24) is 4.90 Å². The molecule has 0 aromatic carbocycles. The van der Waals surface area contributed by atoms with Crippen LogP contribution in [0.1, 0.15) is 6.42 Å². The van der Waals surface area contributed by atoms with E-state index in [1.165, 1.54) is 18.0 Å². The lowest BCUT2D eigenvalue weighted by Gasteiger charge is -2.18. The predicted octanol–water partition coefficient (Wildman–Crippen LogP) is 1.56. The van der Waals surface area contributed by atoms with E-state index in [4.69, 9.17) is 5.21 Å². The summed E-state index contributed by atoms with van der Waals surface area (Å²) in [6.45, 7) is 4.23. The van der Waals surface area contributed by atoms with Gasteiger partial charge >= 0.3 is 0 Å². The molecule has 0 radical (unpaired) electrons. The molecule has 0 aromatic heterocycles. The van der Waals surface area contributed by atoms with Gasteiger partial charge in [0.2, 0.25) is 0 Å². The fraction of sp³-hybridized carbons (Fsp3) is 0.500. The smallest absolute Gasteiger partial charge is 0.282 e. The molecule has 1 aliphatic heterocycles.